The van der Waals surface area contributed by atoms with Crippen LogP contribution < -0.4 is 4.74 Å². The summed E-state index contributed by atoms with van der Waals surface area (Å²) in [5.41, 5.74) is 3.44. The van der Waals surface area contributed by atoms with E-state index >= 15 is 0 Å². The molecule has 0 radical (unpaired) electrons. The van der Waals surface area contributed by atoms with Crippen LogP contribution >= 0.6 is 0 Å². The van der Waals surface area contributed by atoms with Gasteiger partial charge in [0.1, 0.15) is 5.82 Å². The number of nitrogens with zero attached hydrogens (tertiary/aromatic N) is 2. The summed E-state index contributed by atoms with van der Waals surface area (Å²) < 4.78 is 43.3. The number of hydrogen-bond acceptors (Lipinski definition) is 5. The van der Waals surface area contributed by atoms with Gasteiger partial charge in [-0.1, -0.05) is 25.5 Å². The van der Waals surface area contributed by atoms with Crippen molar-refractivity contribution >= 4 is 16.2 Å². The van der Waals surface area contributed by atoms with Crippen molar-refractivity contribution in [2.75, 3.05) is 19.9 Å². The van der Waals surface area contributed by atoms with Gasteiger partial charge in [0.05, 0.1) is 23.7 Å². The maximum absolute atomic E-state index is 13.6. The van der Waals surface area contributed by atoms with Crippen LogP contribution in [0.25, 0.3) is 22.4 Å². The van der Waals surface area contributed by atoms with E-state index in [0.717, 1.165) is 36.6 Å². The summed E-state index contributed by atoms with van der Waals surface area (Å²) in [5, 5.41) is 0. The molecule has 0 aliphatic carbocycles. The Balaban J connectivity index is 2.19. The molecule has 0 N–H and O–H groups in total. The van der Waals surface area contributed by atoms with Crippen molar-refractivity contribution < 1.29 is 22.3 Å². The Morgan fingerprint density at radius 1 is 1.06 bits per heavy atom. The van der Waals surface area contributed by atoms with E-state index in [1.165, 1.54) is 17.0 Å². The van der Waals surface area contributed by atoms with Crippen molar-refractivity contribution in [3.63, 3.8) is 0 Å². The molecule has 0 saturated carbocycles. The van der Waals surface area contributed by atoms with E-state index in [4.69, 9.17) is 9.72 Å². The lowest BCUT2D eigenvalue weighted by Crippen LogP contribution is -2.17. The van der Waals surface area contributed by atoms with Gasteiger partial charge >= 0.3 is 0 Å². The zero-order chi connectivity index (χ0) is 24.0. The predicted octanol–water partition coefficient (Wildman–Crippen LogP) is 4.73. The van der Waals surface area contributed by atoms with Crippen LogP contribution in [-0.2, 0) is 21.2 Å². The fraction of sp³-hybridized carbons (Fsp3) is 0.280. The molecule has 1 aromatic heterocycles. The Morgan fingerprint density at radius 3 is 2.27 bits per heavy atom. The summed E-state index contributed by atoms with van der Waals surface area (Å²) in [6.45, 7) is 2.83. The maximum atomic E-state index is 13.6. The van der Waals surface area contributed by atoms with Gasteiger partial charge in [-0.2, -0.15) is 0 Å². The topological polar surface area (TPSA) is 76.6 Å². The summed E-state index contributed by atoms with van der Waals surface area (Å²) in [4.78, 5) is 17.7. The number of aromatic nitrogens is 1. The van der Waals surface area contributed by atoms with Crippen molar-refractivity contribution in [2.45, 2.75) is 31.2 Å². The predicted molar refractivity (Wildman–Crippen MR) is 126 cm³/mol. The molecule has 0 fully saturated rings. The Morgan fingerprint density at radius 2 is 1.70 bits per heavy atom. The minimum absolute atomic E-state index is 0.211. The number of amides is 1. The van der Waals surface area contributed by atoms with Crippen molar-refractivity contribution in [1.29, 1.82) is 0 Å². The molecular weight excluding hydrogens is 443 g/mol. The molecule has 0 saturated heterocycles. The number of ether oxygens (including phenoxy) is 1. The van der Waals surface area contributed by atoms with Gasteiger partial charge in [0.25, 0.3) is 0 Å². The third kappa shape index (κ3) is 6.16. The van der Waals surface area contributed by atoms with Gasteiger partial charge in [-0.25, -0.2) is 17.8 Å². The van der Waals surface area contributed by atoms with Crippen LogP contribution in [0.15, 0.2) is 59.5 Å². The molecule has 0 atom stereocenters. The largest absolute Gasteiger partial charge is 0.477 e. The molecule has 0 aliphatic rings. The molecule has 174 valence electrons. The first-order chi connectivity index (χ1) is 15.7. The lowest BCUT2D eigenvalue weighted by Gasteiger charge is -2.19. The summed E-state index contributed by atoms with van der Waals surface area (Å²) >= 11 is 0. The molecule has 1 heterocycles. The standard InChI is InChI=1S/C25H27FN2O4S/c1-4-5-14-32-25-20(16-28(2)17-29)15-23(18-8-12-22(13-9-18)33(3,30)31)24(27-25)19-6-10-21(26)11-7-19/h6-13,15,17H,4-5,14,16H2,1-3H3. The average Bonchev–Trinajstić information content (AvgIpc) is 2.80. The third-order valence-electron chi connectivity index (χ3n) is 5.11. The summed E-state index contributed by atoms with van der Waals surface area (Å²) in [5.74, 6) is 0.0504. The van der Waals surface area contributed by atoms with Crippen LogP contribution in [0.1, 0.15) is 25.3 Å². The molecule has 0 aliphatic heterocycles. The summed E-state index contributed by atoms with van der Waals surface area (Å²) in [6, 6.07) is 14.4. The molecule has 1 amide bonds. The highest BCUT2D eigenvalue weighted by Gasteiger charge is 2.18. The van der Waals surface area contributed by atoms with Gasteiger partial charge in [0.2, 0.25) is 12.3 Å². The molecule has 3 aromatic rings. The zero-order valence-corrected chi connectivity index (χ0v) is 19.7. The zero-order valence-electron chi connectivity index (χ0n) is 18.9. The second kappa shape index (κ2) is 10.6. The number of rotatable bonds is 10. The number of carbonyl (C=O) groups excluding carboxylic acids is 1. The highest BCUT2D eigenvalue weighted by atomic mass is 32.2. The molecule has 2 aromatic carbocycles. The quantitative estimate of drug-likeness (QED) is 0.316. The highest BCUT2D eigenvalue weighted by molar-refractivity contribution is 7.90. The minimum atomic E-state index is -3.34. The van der Waals surface area contributed by atoms with Crippen LogP contribution in [0.3, 0.4) is 0 Å². The molecule has 0 unspecified atom stereocenters. The van der Waals surface area contributed by atoms with Crippen LogP contribution in [0.5, 0.6) is 5.88 Å². The molecule has 3 rings (SSSR count). The minimum Gasteiger partial charge on any atom is -0.477 e. The van der Waals surface area contributed by atoms with E-state index in [9.17, 15) is 17.6 Å². The van der Waals surface area contributed by atoms with E-state index in [1.807, 2.05) is 6.07 Å². The lowest BCUT2D eigenvalue weighted by atomic mass is 9.97. The first-order valence-corrected chi connectivity index (χ1v) is 12.5. The number of sulfone groups is 1. The first-order valence-electron chi connectivity index (χ1n) is 10.6. The second-order valence-electron chi connectivity index (χ2n) is 7.87. The van der Waals surface area contributed by atoms with Crippen LogP contribution in [0.2, 0.25) is 0 Å². The van der Waals surface area contributed by atoms with Gasteiger partial charge in [0.15, 0.2) is 9.84 Å². The number of halogens is 1. The van der Waals surface area contributed by atoms with Crippen LogP contribution in [-0.4, -0.2) is 44.6 Å². The van der Waals surface area contributed by atoms with Crippen molar-refractivity contribution in [3.8, 4) is 28.3 Å². The lowest BCUT2D eigenvalue weighted by molar-refractivity contribution is -0.117. The number of pyridine rings is 1. The average molecular weight is 471 g/mol. The Hall–Kier alpha value is -3.26. The molecule has 8 heteroatoms. The van der Waals surface area contributed by atoms with Gasteiger partial charge in [-0.05, 0) is 54.4 Å². The highest BCUT2D eigenvalue weighted by Crippen LogP contribution is 2.35. The van der Waals surface area contributed by atoms with E-state index in [0.29, 0.717) is 29.3 Å². The maximum Gasteiger partial charge on any atom is 0.218 e. The Kier molecular flexibility index (Phi) is 7.81. The number of unbranched alkanes of at least 4 members (excludes halogenated alkanes) is 1. The van der Waals surface area contributed by atoms with Gasteiger partial charge in [-0.15, -0.1) is 0 Å². The monoisotopic (exact) mass is 470 g/mol. The number of benzene rings is 2. The van der Waals surface area contributed by atoms with Crippen molar-refractivity contribution in [1.82, 2.24) is 9.88 Å². The molecule has 0 bridgehead atoms. The summed E-state index contributed by atoms with van der Waals surface area (Å²) in [6.07, 6.45) is 3.69. The number of carbonyl (C=O) groups is 1. The molecule has 33 heavy (non-hydrogen) atoms. The van der Waals surface area contributed by atoms with Crippen molar-refractivity contribution in [2.24, 2.45) is 0 Å². The van der Waals surface area contributed by atoms with Crippen LogP contribution in [0.4, 0.5) is 4.39 Å². The van der Waals surface area contributed by atoms with E-state index < -0.39 is 9.84 Å². The van der Waals surface area contributed by atoms with Crippen LogP contribution in [0, 0.1) is 5.82 Å². The van der Waals surface area contributed by atoms with E-state index in [1.54, 1.807) is 43.4 Å². The Bertz CT molecular complexity index is 1210. The van der Waals surface area contributed by atoms with E-state index in [-0.39, 0.29) is 17.3 Å². The van der Waals surface area contributed by atoms with Gasteiger partial charge < -0.3 is 9.64 Å². The summed E-state index contributed by atoms with van der Waals surface area (Å²) in [7, 11) is -1.67. The van der Waals surface area contributed by atoms with E-state index in [2.05, 4.69) is 6.92 Å². The Labute approximate surface area is 194 Å². The third-order valence-corrected chi connectivity index (χ3v) is 6.24. The second-order valence-corrected chi connectivity index (χ2v) is 9.89. The molecule has 0 spiro atoms. The fourth-order valence-electron chi connectivity index (χ4n) is 3.32. The van der Waals surface area contributed by atoms with Gasteiger partial charge in [-0.3, -0.25) is 4.79 Å². The normalized spacial score (nSPS) is 11.3. The van der Waals surface area contributed by atoms with Crippen molar-refractivity contribution in [3.05, 3.63) is 66.0 Å². The first kappa shape index (κ1) is 24.4. The smallest absolute Gasteiger partial charge is 0.218 e. The fourth-order valence-corrected chi connectivity index (χ4v) is 3.96. The SMILES string of the molecule is CCCCOc1nc(-c2ccc(F)cc2)c(-c2ccc(S(C)(=O)=O)cc2)cc1CN(C)C=O. The number of hydrogen-bond donors (Lipinski definition) is 0. The molecule has 6 nitrogen and oxygen atoms in total. The van der Waals surface area contributed by atoms with Gasteiger partial charge in [0, 0.05) is 30.0 Å². The molecular formula is C25H27FN2O4S.